The monoisotopic (exact) mass is 244 g/mol. The lowest BCUT2D eigenvalue weighted by Gasteiger charge is -2.01. The predicted molar refractivity (Wildman–Crippen MR) is 52.5 cm³/mol. The van der Waals surface area contributed by atoms with Gasteiger partial charge in [0.25, 0.3) is 0 Å². The van der Waals surface area contributed by atoms with Gasteiger partial charge < -0.3 is 0 Å². The molecule has 0 aliphatic rings. The van der Waals surface area contributed by atoms with E-state index in [9.17, 15) is 18.9 Å². The second kappa shape index (κ2) is 4.68. The van der Waals surface area contributed by atoms with E-state index in [4.69, 9.17) is 16.9 Å². The van der Waals surface area contributed by atoms with Gasteiger partial charge in [-0.1, -0.05) is 11.6 Å². The second-order valence-electron chi connectivity index (χ2n) is 2.66. The quantitative estimate of drug-likeness (QED) is 0.456. The Morgan fingerprint density at radius 2 is 2.19 bits per heavy atom. The Morgan fingerprint density at radius 3 is 2.69 bits per heavy atom. The van der Waals surface area contributed by atoms with Crippen molar-refractivity contribution < 1.29 is 13.7 Å². The van der Waals surface area contributed by atoms with Gasteiger partial charge in [0, 0.05) is 11.6 Å². The lowest BCUT2D eigenvalue weighted by Crippen LogP contribution is -1.97. The highest BCUT2D eigenvalue weighted by Crippen LogP contribution is 2.29. The number of hydrogen-bond donors (Lipinski definition) is 0. The van der Waals surface area contributed by atoms with Crippen molar-refractivity contribution in [1.29, 1.82) is 5.26 Å². The van der Waals surface area contributed by atoms with Gasteiger partial charge in [-0.3, -0.25) is 10.1 Å². The molecule has 0 N–H and O–H groups in total. The molecule has 0 spiro atoms. The molecular weight excluding hydrogens is 242 g/mol. The number of nitriles is 1. The fourth-order valence-electron chi connectivity index (χ4n) is 1.02. The Hall–Kier alpha value is -2.00. The molecule has 0 saturated carbocycles. The first-order valence-electron chi connectivity index (χ1n) is 3.86. The lowest BCUT2D eigenvalue weighted by atomic mass is 10.1. The molecule has 1 aromatic carbocycles. The number of allylic oxidation sites excluding steroid dienone is 1. The van der Waals surface area contributed by atoms with E-state index in [1.807, 2.05) is 0 Å². The third-order valence-electron chi connectivity index (χ3n) is 1.66. The highest BCUT2D eigenvalue weighted by atomic mass is 35.5. The summed E-state index contributed by atoms with van der Waals surface area (Å²) in [6, 6.07) is 2.63. The molecule has 0 unspecified atom stereocenters. The summed E-state index contributed by atoms with van der Waals surface area (Å²) < 4.78 is 26.4. The second-order valence-corrected chi connectivity index (χ2v) is 3.07. The van der Waals surface area contributed by atoms with Gasteiger partial charge >= 0.3 is 5.69 Å². The minimum absolute atomic E-state index is 0.400. The average molecular weight is 245 g/mol. The van der Waals surface area contributed by atoms with Crippen molar-refractivity contribution in [3.63, 3.8) is 0 Å². The van der Waals surface area contributed by atoms with Crippen molar-refractivity contribution >= 4 is 22.3 Å². The summed E-state index contributed by atoms with van der Waals surface area (Å²) in [5.74, 6) is -2.28. The van der Waals surface area contributed by atoms with E-state index in [0.717, 1.165) is 6.08 Å². The van der Waals surface area contributed by atoms with Crippen LogP contribution in [0.5, 0.6) is 0 Å². The lowest BCUT2D eigenvalue weighted by molar-refractivity contribution is -0.387. The summed E-state index contributed by atoms with van der Waals surface area (Å²) >= 11 is 5.47. The van der Waals surface area contributed by atoms with Crippen LogP contribution >= 0.6 is 11.6 Å². The zero-order valence-electron chi connectivity index (χ0n) is 7.58. The molecule has 0 fully saturated rings. The number of nitro benzene ring substituents is 1. The summed E-state index contributed by atoms with van der Waals surface area (Å²) in [6.45, 7) is 0. The largest absolute Gasteiger partial charge is 0.308 e. The van der Waals surface area contributed by atoms with Gasteiger partial charge in [0.05, 0.1) is 22.1 Å². The Bertz CT molecular complexity index is 523. The summed E-state index contributed by atoms with van der Waals surface area (Å²) in [7, 11) is 0. The number of hydrogen-bond acceptors (Lipinski definition) is 3. The molecule has 0 aromatic heterocycles. The standard InChI is InChI=1S/C9H3ClF2N2O2/c10-7(1-2-13)6-3-5(11)4-8(9(6)12)14(15)16/h1,3-4H/b7-1-. The molecule has 1 rings (SSSR count). The first-order valence-corrected chi connectivity index (χ1v) is 4.24. The fourth-order valence-corrected chi connectivity index (χ4v) is 1.20. The number of benzene rings is 1. The van der Waals surface area contributed by atoms with Crippen molar-refractivity contribution in [2.24, 2.45) is 0 Å². The van der Waals surface area contributed by atoms with Crippen molar-refractivity contribution in [3.05, 3.63) is 45.5 Å². The van der Waals surface area contributed by atoms with Crippen LogP contribution in [0.3, 0.4) is 0 Å². The fraction of sp³-hybridized carbons (Fsp3) is 0. The van der Waals surface area contributed by atoms with Crippen LogP contribution in [0.1, 0.15) is 5.56 Å². The summed E-state index contributed by atoms with van der Waals surface area (Å²) in [4.78, 5) is 9.31. The maximum Gasteiger partial charge on any atom is 0.308 e. The van der Waals surface area contributed by atoms with Crippen LogP contribution in [0.25, 0.3) is 5.03 Å². The maximum atomic E-state index is 13.4. The van der Waals surface area contributed by atoms with Gasteiger partial charge in [-0.15, -0.1) is 0 Å². The third kappa shape index (κ3) is 2.32. The molecule has 0 saturated heterocycles. The van der Waals surface area contributed by atoms with E-state index < -0.39 is 32.8 Å². The first kappa shape index (κ1) is 12.1. The molecule has 7 heteroatoms. The molecule has 0 radical (unpaired) electrons. The van der Waals surface area contributed by atoms with E-state index in [0.29, 0.717) is 12.1 Å². The van der Waals surface area contributed by atoms with Crippen molar-refractivity contribution in [1.82, 2.24) is 0 Å². The van der Waals surface area contributed by atoms with E-state index >= 15 is 0 Å². The van der Waals surface area contributed by atoms with Crippen LogP contribution in [-0.2, 0) is 0 Å². The molecule has 4 nitrogen and oxygen atoms in total. The molecule has 0 amide bonds. The van der Waals surface area contributed by atoms with E-state index in [1.54, 1.807) is 0 Å². The topological polar surface area (TPSA) is 66.9 Å². The molecule has 1 aromatic rings. The van der Waals surface area contributed by atoms with Crippen LogP contribution in [0.2, 0.25) is 0 Å². The van der Waals surface area contributed by atoms with Crippen molar-refractivity contribution in [2.75, 3.05) is 0 Å². The van der Waals surface area contributed by atoms with Crippen molar-refractivity contribution in [2.45, 2.75) is 0 Å². The zero-order chi connectivity index (χ0) is 12.3. The number of nitrogens with zero attached hydrogens (tertiary/aromatic N) is 2. The van der Waals surface area contributed by atoms with Gasteiger partial charge in [0.15, 0.2) is 0 Å². The molecule has 0 aliphatic carbocycles. The van der Waals surface area contributed by atoms with E-state index in [2.05, 4.69) is 0 Å². The Balaban J connectivity index is 3.48. The third-order valence-corrected chi connectivity index (χ3v) is 1.98. The molecule has 16 heavy (non-hydrogen) atoms. The Morgan fingerprint density at radius 1 is 1.56 bits per heavy atom. The van der Waals surface area contributed by atoms with Crippen LogP contribution in [0.15, 0.2) is 18.2 Å². The van der Waals surface area contributed by atoms with Crippen LogP contribution in [-0.4, -0.2) is 4.92 Å². The predicted octanol–water partition coefficient (Wildman–Crippen LogP) is 2.98. The highest BCUT2D eigenvalue weighted by molar-refractivity contribution is 6.49. The van der Waals surface area contributed by atoms with Crippen molar-refractivity contribution in [3.8, 4) is 6.07 Å². The first-order chi connectivity index (χ1) is 7.47. The minimum Gasteiger partial charge on any atom is -0.258 e. The van der Waals surface area contributed by atoms with Gasteiger partial charge in [0.1, 0.15) is 5.82 Å². The zero-order valence-corrected chi connectivity index (χ0v) is 8.33. The van der Waals surface area contributed by atoms with Gasteiger partial charge in [-0.2, -0.15) is 9.65 Å². The minimum atomic E-state index is -1.28. The SMILES string of the molecule is N#C/C=C(\Cl)c1cc(F)cc([N+](=O)[O-])c1F. The summed E-state index contributed by atoms with van der Waals surface area (Å²) in [5, 5.41) is 18.3. The molecule has 0 bridgehead atoms. The number of halogens is 3. The van der Waals surface area contributed by atoms with Gasteiger partial charge in [0.2, 0.25) is 5.82 Å². The maximum absolute atomic E-state index is 13.4. The smallest absolute Gasteiger partial charge is 0.258 e. The van der Waals surface area contributed by atoms with Crippen LogP contribution in [0.4, 0.5) is 14.5 Å². The van der Waals surface area contributed by atoms with Gasteiger partial charge in [-0.05, 0) is 6.07 Å². The molecular formula is C9H3ClF2N2O2. The summed E-state index contributed by atoms with van der Waals surface area (Å²) in [6.07, 6.45) is 0.753. The van der Waals surface area contributed by atoms with Crippen LogP contribution in [0, 0.1) is 33.1 Å². The van der Waals surface area contributed by atoms with Crippen LogP contribution < -0.4 is 0 Å². The van der Waals surface area contributed by atoms with E-state index in [-0.39, 0.29) is 0 Å². The number of nitro groups is 1. The molecule has 0 heterocycles. The van der Waals surface area contributed by atoms with E-state index in [1.165, 1.54) is 6.07 Å². The number of rotatable bonds is 2. The van der Waals surface area contributed by atoms with Gasteiger partial charge in [-0.25, -0.2) is 4.39 Å². The Kier molecular flexibility index (Phi) is 3.53. The normalized spacial score (nSPS) is 11.0. The average Bonchev–Trinajstić information content (AvgIpc) is 2.20. The Labute approximate surface area is 93.5 Å². The molecule has 82 valence electrons. The molecule has 0 atom stereocenters. The molecule has 0 aliphatic heterocycles. The summed E-state index contributed by atoms with van der Waals surface area (Å²) in [5.41, 5.74) is -1.55. The highest BCUT2D eigenvalue weighted by Gasteiger charge is 2.21.